The van der Waals surface area contributed by atoms with Crippen LogP contribution in [0.3, 0.4) is 0 Å². The fraction of sp³-hybridized carbons (Fsp3) is 0.500. The van der Waals surface area contributed by atoms with Crippen molar-refractivity contribution >= 4 is 22.4 Å². The molecule has 0 saturated heterocycles. The lowest BCUT2D eigenvalue weighted by atomic mass is 10.1. The van der Waals surface area contributed by atoms with Crippen LogP contribution in [0.25, 0.3) is 0 Å². The molecule has 0 aliphatic carbocycles. The zero-order chi connectivity index (χ0) is 13.8. The summed E-state index contributed by atoms with van der Waals surface area (Å²) in [5.74, 6) is -0.452. The highest BCUT2D eigenvalue weighted by molar-refractivity contribution is 7.89. The normalized spacial score (nSPS) is 13.1. The first kappa shape index (κ1) is 18.3. The van der Waals surface area contributed by atoms with E-state index in [2.05, 4.69) is 4.72 Å². The number of rotatable bonds is 6. The van der Waals surface area contributed by atoms with Gasteiger partial charge < -0.3 is 5.73 Å². The van der Waals surface area contributed by atoms with Gasteiger partial charge in [-0.3, -0.25) is 0 Å². The predicted octanol–water partition coefficient (Wildman–Crippen LogP) is 1.90. The molecule has 4 nitrogen and oxygen atoms in total. The van der Waals surface area contributed by atoms with Crippen molar-refractivity contribution in [2.45, 2.75) is 31.2 Å². The van der Waals surface area contributed by atoms with Crippen LogP contribution in [0.15, 0.2) is 29.2 Å². The highest BCUT2D eigenvalue weighted by atomic mass is 35.5. The third-order valence-corrected chi connectivity index (χ3v) is 4.04. The average molecular weight is 311 g/mol. The highest BCUT2D eigenvalue weighted by Gasteiger charge is 2.22. The van der Waals surface area contributed by atoms with Crippen LogP contribution in [-0.2, 0) is 10.0 Å². The van der Waals surface area contributed by atoms with Crippen LogP contribution < -0.4 is 10.5 Å². The van der Waals surface area contributed by atoms with Crippen molar-refractivity contribution in [1.29, 1.82) is 0 Å². The van der Waals surface area contributed by atoms with Crippen molar-refractivity contribution in [3.8, 4) is 0 Å². The van der Waals surface area contributed by atoms with Crippen LogP contribution in [0.2, 0.25) is 0 Å². The summed E-state index contributed by atoms with van der Waals surface area (Å²) in [6, 6.07) is 4.91. The van der Waals surface area contributed by atoms with Gasteiger partial charge in [0.1, 0.15) is 10.7 Å². The molecule has 7 heteroatoms. The van der Waals surface area contributed by atoms with Crippen molar-refractivity contribution in [2.75, 3.05) is 6.54 Å². The van der Waals surface area contributed by atoms with Gasteiger partial charge in [-0.25, -0.2) is 17.5 Å². The van der Waals surface area contributed by atoms with Crippen LogP contribution in [0.4, 0.5) is 4.39 Å². The Balaban J connectivity index is 0.00000324. The van der Waals surface area contributed by atoms with Gasteiger partial charge in [0.2, 0.25) is 10.0 Å². The molecule has 1 unspecified atom stereocenters. The van der Waals surface area contributed by atoms with Crippen LogP contribution in [-0.4, -0.2) is 21.0 Å². The van der Waals surface area contributed by atoms with E-state index in [0.717, 1.165) is 6.07 Å². The summed E-state index contributed by atoms with van der Waals surface area (Å²) in [7, 11) is -3.85. The molecule has 0 heterocycles. The monoisotopic (exact) mass is 310 g/mol. The van der Waals surface area contributed by atoms with Crippen molar-refractivity contribution in [3.63, 3.8) is 0 Å². The number of sulfonamides is 1. The summed E-state index contributed by atoms with van der Waals surface area (Å²) in [4.78, 5) is -0.341. The Morgan fingerprint density at radius 1 is 1.32 bits per heavy atom. The number of hydrogen-bond acceptors (Lipinski definition) is 3. The highest BCUT2D eigenvalue weighted by Crippen LogP contribution is 2.15. The summed E-state index contributed by atoms with van der Waals surface area (Å²) in [5.41, 5.74) is 5.52. The molecule has 3 N–H and O–H groups in total. The largest absolute Gasteiger partial charge is 0.329 e. The van der Waals surface area contributed by atoms with E-state index in [4.69, 9.17) is 5.73 Å². The molecular weight excluding hydrogens is 291 g/mol. The minimum atomic E-state index is -3.85. The van der Waals surface area contributed by atoms with Crippen molar-refractivity contribution < 1.29 is 12.8 Å². The van der Waals surface area contributed by atoms with Gasteiger partial charge >= 0.3 is 0 Å². The van der Waals surface area contributed by atoms with Gasteiger partial charge in [-0.05, 0) is 24.5 Å². The molecule has 0 saturated carbocycles. The van der Waals surface area contributed by atoms with Gasteiger partial charge in [0.15, 0.2) is 0 Å². The van der Waals surface area contributed by atoms with Crippen molar-refractivity contribution in [1.82, 2.24) is 4.72 Å². The SMILES string of the molecule is CC(C)CC(CN)NS(=O)(=O)c1ccccc1F.Cl. The minimum Gasteiger partial charge on any atom is -0.329 e. The van der Waals surface area contributed by atoms with Crippen LogP contribution in [0.1, 0.15) is 20.3 Å². The van der Waals surface area contributed by atoms with E-state index in [1.165, 1.54) is 18.2 Å². The summed E-state index contributed by atoms with van der Waals surface area (Å²) >= 11 is 0. The Kier molecular flexibility index (Phi) is 7.51. The summed E-state index contributed by atoms with van der Waals surface area (Å²) in [6.45, 7) is 4.13. The molecule has 0 bridgehead atoms. The molecule has 0 aromatic heterocycles. The van der Waals surface area contributed by atoms with E-state index in [1.54, 1.807) is 0 Å². The first-order chi connectivity index (χ1) is 8.36. The maximum atomic E-state index is 13.5. The fourth-order valence-corrected chi connectivity index (χ4v) is 3.05. The topological polar surface area (TPSA) is 72.2 Å². The lowest BCUT2D eigenvalue weighted by Gasteiger charge is -2.18. The van der Waals surface area contributed by atoms with E-state index < -0.39 is 15.8 Å². The zero-order valence-corrected chi connectivity index (χ0v) is 12.6. The number of halogens is 2. The molecule has 0 fully saturated rings. The molecule has 1 aromatic rings. The van der Waals surface area contributed by atoms with Crippen molar-refractivity contribution in [2.24, 2.45) is 11.7 Å². The lowest BCUT2D eigenvalue weighted by Crippen LogP contribution is -2.41. The third kappa shape index (κ3) is 5.44. The van der Waals surface area contributed by atoms with E-state index in [1.807, 2.05) is 13.8 Å². The summed E-state index contributed by atoms with van der Waals surface area (Å²) < 4.78 is 39.9. The van der Waals surface area contributed by atoms with E-state index >= 15 is 0 Å². The van der Waals surface area contributed by atoms with Crippen LogP contribution in [0.5, 0.6) is 0 Å². The molecule has 0 aliphatic heterocycles. The third-order valence-electron chi connectivity index (χ3n) is 2.49. The van der Waals surface area contributed by atoms with Crippen LogP contribution >= 0.6 is 12.4 Å². The van der Waals surface area contributed by atoms with Gasteiger partial charge in [0.05, 0.1) is 0 Å². The first-order valence-corrected chi connectivity index (χ1v) is 7.32. The number of benzene rings is 1. The van der Waals surface area contributed by atoms with E-state index in [-0.39, 0.29) is 29.9 Å². The summed E-state index contributed by atoms with van der Waals surface area (Å²) in [6.07, 6.45) is 0.615. The molecule has 110 valence electrons. The second-order valence-corrected chi connectivity index (χ2v) is 6.30. The lowest BCUT2D eigenvalue weighted by molar-refractivity contribution is 0.463. The second kappa shape index (κ2) is 7.79. The Bertz CT molecular complexity index is 494. The smallest absolute Gasteiger partial charge is 0.243 e. The molecule has 1 aromatic carbocycles. The van der Waals surface area contributed by atoms with Gasteiger partial charge in [0, 0.05) is 12.6 Å². The fourth-order valence-electron chi connectivity index (χ4n) is 1.71. The second-order valence-electron chi connectivity index (χ2n) is 4.61. The standard InChI is InChI=1S/C12H19FN2O2S.ClH/c1-9(2)7-10(8-14)15-18(16,17)12-6-4-3-5-11(12)13;/h3-6,9-10,15H,7-8,14H2,1-2H3;1H. The maximum Gasteiger partial charge on any atom is 0.243 e. The predicted molar refractivity (Wildman–Crippen MR) is 76.3 cm³/mol. The molecular formula is C12H20ClFN2O2S. The Morgan fingerprint density at radius 3 is 2.37 bits per heavy atom. The van der Waals surface area contributed by atoms with Gasteiger partial charge in [-0.2, -0.15) is 0 Å². The summed E-state index contributed by atoms with van der Waals surface area (Å²) in [5, 5.41) is 0. The number of nitrogens with one attached hydrogen (secondary N) is 1. The Labute approximate surface area is 120 Å². The molecule has 0 spiro atoms. The van der Waals surface area contributed by atoms with Crippen molar-refractivity contribution in [3.05, 3.63) is 30.1 Å². The molecule has 19 heavy (non-hydrogen) atoms. The average Bonchev–Trinajstić information content (AvgIpc) is 2.27. The first-order valence-electron chi connectivity index (χ1n) is 5.83. The van der Waals surface area contributed by atoms with Gasteiger partial charge in [0.25, 0.3) is 0 Å². The maximum absolute atomic E-state index is 13.5. The van der Waals surface area contributed by atoms with E-state index in [0.29, 0.717) is 12.3 Å². The molecule has 0 radical (unpaired) electrons. The zero-order valence-electron chi connectivity index (χ0n) is 11.0. The quantitative estimate of drug-likeness (QED) is 0.843. The minimum absolute atomic E-state index is 0. The van der Waals surface area contributed by atoms with E-state index in [9.17, 15) is 12.8 Å². The molecule has 0 amide bonds. The Morgan fingerprint density at radius 2 is 1.89 bits per heavy atom. The van der Waals surface area contributed by atoms with Crippen LogP contribution in [0, 0.1) is 11.7 Å². The molecule has 1 atom stereocenters. The van der Waals surface area contributed by atoms with Gasteiger partial charge in [-0.15, -0.1) is 12.4 Å². The molecule has 0 aliphatic rings. The van der Waals surface area contributed by atoms with Gasteiger partial charge in [-0.1, -0.05) is 26.0 Å². The molecule has 1 rings (SSSR count). The number of hydrogen-bond donors (Lipinski definition) is 2. The Hall–Kier alpha value is -0.690. The number of nitrogens with two attached hydrogens (primary N) is 1.